The predicted molar refractivity (Wildman–Crippen MR) is 116 cm³/mol. The predicted octanol–water partition coefficient (Wildman–Crippen LogP) is 5.37. The third-order valence-corrected chi connectivity index (χ3v) is 5.85. The highest BCUT2D eigenvalue weighted by Gasteiger charge is 2.22. The zero-order valence-electron chi connectivity index (χ0n) is 16.9. The summed E-state index contributed by atoms with van der Waals surface area (Å²) in [6.45, 7) is 8.00. The minimum absolute atomic E-state index is 0.162. The third-order valence-electron chi connectivity index (χ3n) is 5.01. The van der Waals surface area contributed by atoms with Crippen LogP contribution in [0, 0.1) is 13.8 Å². The lowest BCUT2D eigenvalue weighted by Crippen LogP contribution is -2.38. The van der Waals surface area contributed by atoms with Crippen LogP contribution in [-0.2, 0) is 6.42 Å². The Labute approximate surface area is 167 Å². The van der Waals surface area contributed by atoms with E-state index in [9.17, 15) is 0 Å². The molecule has 0 amide bonds. The molecule has 146 valence electrons. The summed E-state index contributed by atoms with van der Waals surface area (Å²) in [5, 5.41) is 6.78. The van der Waals surface area contributed by atoms with E-state index in [2.05, 4.69) is 59.6 Å². The molecule has 1 unspecified atom stereocenters. The smallest absolute Gasteiger partial charge is 0.125 e. The molecule has 2 aromatic rings. The number of hydrogen-bond acceptors (Lipinski definition) is 5. The first kappa shape index (κ1) is 19.9. The van der Waals surface area contributed by atoms with Gasteiger partial charge in [0.1, 0.15) is 23.5 Å². The van der Waals surface area contributed by atoms with E-state index in [0.717, 1.165) is 23.7 Å². The molecular formula is C22H31N3OS. The molecule has 4 nitrogen and oxygen atoms in total. The average Bonchev–Trinajstić information content (AvgIpc) is 3.11. The van der Waals surface area contributed by atoms with Crippen molar-refractivity contribution < 1.29 is 4.74 Å². The highest BCUT2D eigenvalue weighted by Crippen LogP contribution is 2.35. The molecule has 0 radical (unpaired) electrons. The lowest BCUT2D eigenvalue weighted by atomic mass is 10.0. The van der Waals surface area contributed by atoms with E-state index in [1.807, 2.05) is 13.4 Å². The summed E-state index contributed by atoms with van der Waals surface area (Å²) >= 11 is 1.68. The fourth-order valence-electron chi connectivity index (χ4n) is 3.65. The van der Waals surface area contributed by atoms with Crippen molar-refractivity contribution in [1.29, 1.82) is 0 Å². The number of aryl methyl sites for hydroxylation is 3. The highest BCUT2D eigenvalue weighted by molar-refractivity contribution is 7.14. The van der Waals surface area contributed by atoms with Crippen LogP contribution in [0.2, 0.25) is 0 Å². The maximum absolute atomic E-state index is 6.13. The molecule has 1 atom stereocenters. The monoisotopic (exact) mass is 385 g/mol. The normalized spacial score (nSPS) is 15.9. The Morgan fingerprint density at radius 1 is 1.22 bits per heavy atom. The number of rotatable bonds is 9. The van der Waals surface area contributed by atoms with E-state index in [1.54, 1.807) is 11.3 Å². The Hall–Kier alpha value is -1.85. The number of nitrogens with one attached hydrogen (secondary N) is 1. The Morgan fingerprint density at radius 3 is 2.74 bits per heavy atom. The second kappa shape index (κ2) is 9.38. The molecular weight excluding hydrogens is 354 g/mol. The molecule has 0 bridgehead atoms. The van der Waals surface area contributed by atoms with Gasteiger partial charge >= 0.3 is 0 Å². The van der Waals surface area contributed by atoms with Crippen LogP contribution in [-0.4, -0.2) is 31.4 Å². The fourth-order valence-corrected chi connectivity index (χ4v) is 4.41. The Morgan fingerprint density at radius 2 is 2.00 bits per heavy atom. The van der Waals surface area contributed by atoms with Crippen LogP contribution in [0.3, 0.4) is 0 Å². The van der Waals surface area contributed by atoms with Crippen molar-refractivity contribution in [1.82, 2.24) is 10.2 Å². The van der Waals surface area contributed by atoms with Crippen LogP contribution in [0.15, 0.2) is 28.6 Å². The quantitative estimate of drug-likeness (QED) is 0.590. The minimum Gasteiger partial charge on any atom is -0.492 e. The van der Waals surface area contributed by atoms with Gasteiger partial charge in [0.05, 0.1) is 6.34 Å². The molecule has 1 aliphatic rings. The van der Waals surface area contributed by atoms with Gasteiger partial charge in [-0.3, -0.25) is 5.32 Å². The van der Waals surface area contributed by atoms with Crippen LogP contribution in [0.5, 0.6) is 5.75 Å². The molecule has 2 heterocycles. The Balaban J connectivity index is 1.53. The van der Waals surface area contributed by atoms with E-state index in [4.69, 9.17) is 4.74 Å². The largest absolute Gasteiger partial charge is 0.492 e. The van der Waals surface area contributed by atoms with Gasteiger partial charge in [-0.25, -0.2) is 4.99 Å². The van der Waals surface area contributed by atoms with E-state index in [-0.39, 0.29) is 6.17 Å². The molecule has 0 spiro atoms. The van der Waals surface area contributed by atoms with Crippen molar-refractivity contribution in [2.75, 3.05) is 20.2 Å². The molecule has 0 aliphatic carbocycles. The number of hydrogen-bond donors (Lipinski definition) is 1. The van der Waals surface area contributed by atoms with Crippen molar-refractivity contribution >= 4 is 22.7 Å². The molecule has 1 aromatic heterocycles. The summed E-state index contributed by atoms with van der Waals surface area (Å²) in [7, 11) is 2.05. The molecule has 27 heavy (non-hydrogen) atoms. The van der Waals surface area contributed by atoms with Gasteiger partial charge in [0, 0.05) is 19.2 Å². The van der Waals surface area contributed by atoms with Crippen molar-refractivity contribution in [3.63, 3.8) is 0 Å². The van der Waals surface area contributed by atoms with Gasteiger partial charge in [-0.1, -0.05) is 31.9 Å². The topological polar surface area (TPSA) is 36.9 Å². The summed E-state index contributed by atoms with van der Waals surface area (Å²) in [6.07, 6.45) is 7.05. The Kier molecular flexibility index (Phi) is 6.91. The van der Waals surface area contributed by atoms with Crippen LogP contribution in [0.1, 0.15) is 54.6 Å². The first-order valence-corrected chi connectivity index (χ1v) is 10.8. The molecule has 1 aliphatic heterocycles. The Bertz CT molecular complexity index is 761. The van der Waals surface area contributed by atoms with E-state index in [0.29, 0.717) is 6.61 Å². The molecule has 0 saturated heterocycles. The van der Waals surface area contributed by atoms with Crippen LogP contribution in [0.4, 0.5) is 5.00 Å². The van der Waals surface area contributed by atoms with E-state index in [1.165, 1.54) is 41.5 Å². The van der Waals surface area contributed by atoms with Gasteiger partial charge in [-0.2, -0.15) is 0 Å². The van der Waals surface area contributed by atoms with E-state index >= 15 is 0 Å². The van der Waals surface area contributed by atoms with Crippen molar-refractivity contribution in [2.45, 2.75) is 52.6 Å². The zero-order valence-corrected chi connectivity index (χ0v) is 17.7. The standard InChI is InChI=1S/C22H31N3OS/c1-5-6-7-8-18-13-16(2)20(17(3)14-18)26-11-10-23-21-19-9-12-27-22(19)24-15-25(21)4/h9,12-15,21,23H,5-8,10-11H2,1-4H3. The first-order valence-electron chi connectivity index (χ1n) is 9.90. The number of fused-ring (bicyclic) bond motifs is 1. The van der Waals surface area contributed by atoms with E-state index < -0.39 is 0 Å². The minimum atomic E-state index is 0.162. The van der Waals surface area contributed by atoms with Crippen LogP contribution < -0.4 is 10.1 Å². The maximum Gasteiger partial charge on any atom is 0.125 e. The van der Waals surface area contributed by atoms with Gasteiger partial charge in [0.2, 0.25) is 0 Å². The van der Waals surface area contributed by atoms with Gasteiger partial charge < -0.3 is 9.64 Å². The summed E-state index contributed by atoms with van der Waals surface area (Å²) < 4.78 is 6.13. The van der Waals surface area contributed by atoms with Crippen molar-refractivity contribution in [3.8, 4) is 5.75 Å². The van der Waals surface area contributed by atoms with Crippen molar-refractivity contribution in [3.05, 3.63) is 45.8 Å². The lowest BCUT2D eigenvalue weighted by Gasteiger charge is -2.30. The highest BCUT2D eigenvalue weighted by atomic mass is 32.1. The molecule has 3 rings (SSSR count). The van der Waals surface area contributed by atoms with Gasteiger partial charge in [0.25, 0.3) is 0 Å². The van der Waals surface area contributed by atoms with Gasteiger partial charge in [-0.15, -0.1) is 11.3 Å². The fraction of sp³-hybridized carbons (Fsp3) is 0.500. The number of nitrogens with zero attached hydrogens (tertiary/aromatic N) is 2. The summed E-state index contributed by atoms with van der Waals surface area (Å²) in [5.74, 6) is 1.03. The van der Waals surface area contributed by atoms with Crippen LogP contribution in [0.25, 0.3) is 0 Å². The van der Waals surface area contributed by atoms with Crippen LogP contribution >= 0.6 is 11.3 Å². The summed E-state index contributed by atoms with van der Waals surface area (Å²) in [5.41, 5.74) is 5.15. The molecule has 0 fully saturated rings. The zero-order chi connectivity index (χ0) is 19.2. The number of benzene rings is 1. The van der Waals surface area contributed by atoms with Crippen molar-refractivity contribution in [2.24, 2.45) is 4.99 Å². The SMILES string of the molecule is CCCCCc1cc(C)c(OCCNC2c3ccsc3N=CN2C)c(C)c1. The number of unbranched alkanes of at least 4 members (excludes halogenated alkanes) is 2. The second-order valence-electron chi connectivity index (χ2n) is 7.31. The molecule has 0 saturated carbocycles. The number of ether oxygens (including phenoxy) is 1. The maximum atomic E-state index is 6.13. The summed E-state index contributed by atoms with van der Waals surface area (Å²) in [6, 6.07) is 6.72. The molecule has 1 aromatic carbocycles. The summed E-state index contributed by atoms with van der Waals surface area (Å²) in [4.78, 5) is 6.57. The second-order valence-corrected chi connectivity index (χ2v) is 8.21. The molecule has 1 N–H and O–H groups in total. The third kappa shape index (κ3) is 4.90. The average molecular weight is 386 g/mol. The lowest BCUT2D eigenvalue weighted by molar-refractivity contribution is 0.263. The van der Waals surface area contributed by atoms with Gasteiger partial charge in [0.15, 0.2) is 0 Å². The number of aliphatic imine (C=N–C) groups is 1. The number of thiophene rings is 1. The van der Waals surface area contributed by atoms with Gasteiger partial charge in [-0.05, 0) is 54.8 Å². The molecule has 5 heteroatoms. The first-order chi connectivity index (χ1) is 13.1.